The van der Waals surface area contributed by atoms with Gasteiger partial charge in [-0.05, 0) is 32.9 Å². The van der Waals surface area contributed by atoms with Gasteiger partial charge in [0.1, 0.15) is 5.75 Å². The molecule has 21 heavy (non-hydrogen) atoms. The molecule has 6 nitrogen and oxygen atoms in total. The van der Waals surface area contributed by atoms with Crippen molar-refractivity contribution in [1.29, 1.82) is 0 Å². The number of rotatable bonds is 6. The standard InChI is InChI=1S/C15H19NO5/c1-4-19-14(20-5-2)15(3)9-8-11-10-12(16(17)18)6-7-13(11)21-15/h6-10,14H,4-5H2,1-3H3/t15-/m0/s1. The molecule has 1 aromatic rings. The van der Waals surface area contributed by atoms with Gasteiger partial charge in [0.05, 0.1) is 4.92 Å². The van der Waals surface area contributed by atoms with Crippen molar-refractivity contribution in [3.63, 3.8) is 0 Å². The van der Waals surface area contributed by atoms with E-state index in [4.69, 9.17) is 14.2 Å². The average molecular weight is 293 g/mol. The molecule has 114 valence electrons. The van der Waals surface area contributed by atoms with E-state index in [-0.39, 0.29) is 5.69 Å². The summed E-state index contributed by atoms with van der Waals surface area (Å²) in [6, 6.07) is 4.51. The summed E-state index contributed by atoms with van der Waals surface area (Å²) < 4.78 is 17.2. The molecule has 1 heterocycles. The van der Waals surface area contributed by atoms with Gasteiger partial charge in [-0.2, -0.15) is 0 Å². The lowest BCUT2D eigenvalue weighted by molar-refractivity contribution is -0.384. The molecule has 0 amide bonds. The minimum atomic E-state index is -0.769. The van der Waals surface area contributed by atoms with E-state index in [9.17, 15) is 10.1 Å². The zero-order valence-corrected chi connectivity index (χ0v) is 12.4. The van der Waals surface area contributed by atoms with Crippen LogP contribution in [-0.2, 0) is 9.47 Å². The SMILES string of the molecule is CCOC(OCC)[C@]1(C)C=Cc2cc([N+](=O)[O-])ccc2O1. The molecule has 0 aromatic heterocycles. The van der Waals surface area contributed by atoms with Crippen LogP contribution >= 0.6 is 0 Å². The number of ether oxygens (including phenoxy) is 3. The summed E-state index contributed by atoms with van der Waals surface area (Å²) in [5, 5.41) is 10.8. The van der Waals surface area contributed by atoms with Crippen molar-refractivity contribution in [2.24, 2.45) is 0 Å². The predicted octanol–water partition coefficient (Wildman–Crippen LogP) is 3.16. The molecule has 1 atom stereocenters. The Hall–Kier alpha value is -1.92. The van der Waals surface area contributed by atoms with Gasteiger partial charge in [0.2, 0.25) is 6.29 Å². The van der Waals surface area contributed by atoms with Crippen molar-refractivity contribution in [1.82, 2.24) is 0 Å². The minimum Gasteiger partial charge on any atom is -0.477 e. The lowest BCUT2D eigenvalue weighted by Gasteiger charge is -2.37. The topological polar surface area (TPSA) is 70.8 Å². The van der Waals surface area contributed by atoms with E-state index in [0.29, 0.717) is 24.5 Å². The normalized spacial score (nSPS) is 20.2. The van der Waals surface area contributed by atoms with E-state index in [2.05, 4.69) is 0 Å². The van der Waals surface area contributed by atoms with Gasteiger partial charge < -0.3 is 14.2 Å². The maximum Gasteiger partial charge on any atom is 0.270 e. The number of benzene rings is 1. The van der Waals surface area contributed by atoms with Gasteiger partial charge in [-0.25, -0.2) is 0 Å². The maximum absolute atomic E-state index is 10.8. The summed E-state index contributed by atoms with van der Waals surface area (Å²) in [5.41, 5.74) is -0.0556. The average Bonchev–Trinajstić information content (AvgIpc) is 2.46. The summed E-state index contributed by atoms with van der Waals surface area (Å²) >= 11 is 0. The van der Waals surface area contributed by atoms with E-state index in [1.54, 1.807) is 12.1 Å². The molecule has 0 radical (unpaired) electrons. The molecular weight excluding hydrogens is 274 g/mol. The van der Waals surface area contributed by atoms with Crippen LogP contribution in [0.5, 0.6) is 5.75 Å². The highest BCUT2D eigenvalue weighted by atomic mass is 16.7. The van der Waals surface area contributed by atoms with Crippen molar-refractivity contribution in [2.45, 2.75) is 32.7 Å². The molecule has 1 aliphatic heterocycles. The Morgan fingerprint density at radius 3 is 2.57 bits per heavy atom. The second kappa shape index (κ2) is 6.24. The fourth-order valence-corrected chi connectivity index (χ4v) is 2.21. The highest BCUT2D eigenvalue weighted by Gasteiger charge is 2.38. The van der Waals surface area contributed by atoms with E-state index >= 15 is 0 Å². The summed E-state index contributed by atoms with van der Waals surface area (Å²) in [5.74, 6) is 0.579. The summed E-state index contributed by atoms with van der Waals surface area (Å²) in [7, 11) is 0. The van der Waals surface area contributed by atoms with Crippen LogP contribution in [0.25, 0.3) is 6.08 Å². The van der Waals surface area contributed by atoms with E-state index < -0.39 is 16.8 Å². The third-order valence-electron chi connectivity index (χ3n) is 3.23. The molecule has 0 aliphatic carbocycles. The van der Waals surface area contributed by atoms with Crippen LogP contribution in [0.1, 0.15) is 26.3 Å². The molecule has 0 saturated heterocycles. The second-order valence-electron chi connectivity index (χ2n) is 4.84. The summed E-state index contributed by atoms with van der Waals surface area (Å²) in [6.07, 6.45) is 3.08. The Morgan fingerprint density at radius 2 is 2.00 bits per heavy atom. The smallest absolute Gasteiger partial charge is 0.270 e. The van der Waals surface area contributed by atoms with Crippen LogP contribution in [0.3, 0.4) is 0 Å². The molecule has 0 unspecified atom stereocenters. The first-order valence-corrected chi connectivity index (χ1v) is 6.90. The quantitative estimate of drug-likeness (QED) is 0.457. The van der Waals surface area contributed by atoms with Gasteiger partial charge in [-0.1, -0.05) is 6.08 Å². The highest BCUT2D eigenvalue weighted by molar-refractivity contribution is 5.64. The highest BCUT2D eigenvalue weighted by Crippen LogP contribution is 2.35. The molecule has 0 spiro atoms. The number of hydrogen-bond acceptors (Lipinski definition) is 5. The van der Waals surface area contributed by atoms with Crippen molar-refractivity contribution < 1.29 is 19.1 Å². The molecule has 2 rings (SSSR count). The predicted molar refractivity (Wildman–Crippen MR) is 78.2 cm³/mol. The van der Waals surface area contributed by atoms with Crippen LogP contribution in [0.15, 0.2) is 24.3 Å². The monoisotopic (exact) mass is 293 g/mol. The first-order valence-electron chi connectivity index (χ1n) is 6.90. The number of nitro groups is 1. The summed E-state index contributed by atoms with van der Waals surface area (Å²) in [6.45, 7) is 6.65. The van der Waals surface area contributed by atoms with Crippen molar-refractivity contribution >= 4 is 11.8 Å². The van der Waals surface area contributed by atoms with E-state index in [1.165, 1.54) is 12.1 Å². The molecule has 0 fully saturated rings. The van der Waals surface area contributed by atoms with Gasteiger partial charge in [0.15, 0.2) is 5.60 Å². The van der Waals surface area contributed by atoms with Crippen LogP contribution in [0, 0.1) is 10.1 Å². The number of fused-ring (bicyclic) bond motifs is 1. The third kappa shape index (κ3) is 3.22. The first-order chi connectivity index (χ1) is 10.00. The van der Waals surface area contributed by atoms with Crippen LogP contribution in [0.2, 0.25) is 0 Å². The molecule has 6 heteroatoms. The lowest BCUT2D eigenvalue weighted by atomic mass is 9.99. The molecular formula is C15H19NO5. The van der Waals surface area contributed by atoms with Gasteiger partial charge >= 0.3 is 0 Å². The second-order valence-corrected chi connectivity index (χ2v) is 4.84. The fraction of sp³-hybridized carbons (Fsp3) is 0.467. The lowest BCUT2D eigenvalue weighted by Crippen LogP contribution is -2.47. The van der Waals surface area contributed by atoms with E-state index in [0.717, 1.165) is 0 Å². The number of nitro benzene ring substituents is 1. The number of nitrogens with zero attached hydrogens (tertiary/aromatic N) is 1. The maximum atomic E-state index is 10.8. The molecule has 1 aromatic carbocycles. The molecule has 0 N–H and O–H groups in total. The molecule has 0 bridgehead atoms. The summed E-state index contributed by atoms with van der Waals surface area (Å²) in [4.78, 5) is 10.4. The molecule has 0 saturated carbocycles. The zero-order valence-electron chi connectivity index (χ0n) is 12.4. The Bertz CT molecular complexity index is 551. The third-order valence-corrected chi connectivity index (χ3v) is 3.23. The van der Waals surface area contributed by atoms with Crippen molar-refractivity contribution in [3.8, 4) is 5.75 Å². The number of hydrogen-bond donors (Lipinski definition) is 0. The van der Waals surface area contributed by atoms with Crippen LogP contribution < -0.4 is 4.74 Å². The zero-order chi connectivity index (χ0) is 15.5. The van der Waals surface area contributed by atoms with Gasteiger partial charge in [-0.15, -0.1) is 0 Å². The Balaban J connectivity index is 2.28. The Labute approximate surface area is 123 Å². The van der Waals surface area contributed by atoms with Crippen molar-refractivity contribution in [3.05, 3.63) is 40.0 Å². The van der Waals surface area contributed by atoms with Crippen LogP contribution in [0.4, 0.5) is 5.69 Å². The van der Waals surface area contributed by atoms with Gasteiger partial charge in [0.25, 0.3) is 5.69 Å². The Morgan fingerprint density at radius 1 is 1.33 bits per heavy atom. The first kappa shape index (κ1) is 15.5. The Kier molecular flexibility index (Phi) is 4.59. The van der Waals surface area contributed by atoms with Gasteiger partial charge in [-0.3, -0.25) is 10.1 Å². The fourth-order valence-electron chi connectivity index (χ4n) is 2.21. The van der Waals surface area contributed by atoms with E-state index in [1.807, 2.05) is 26.8 Å². The van der Waals surface area contributed by atoms with Crippen LogP contribution in [-0.4, -0.2) is 30.0 Å². The minimum absolute atomic E-state index is 0.0387. The number of non-ortho nitro benzene ring substituents is 1. The molecule has 1 aliphatic rings. The van der Waals surface area contributed by atoms with Gasteiger partial charge in [0, 0.05) is 30.9 Å². The van der Waals surface area contributed by atoms with Crippen molar-refractivity contribution in [2.75, 3.05) is 13.2 Å². The largest absolute Gasteiger partial charge is 0.477 e.